The van der Waals surface area contributed by atoms with Crippen LogP contribution in [0.2, 0.25) is 0 Å². The van der Waals surface area contributed by atoms with E-state index in [9.17, 15) is 5.11 Å². The molecule has 1 N–H and O–H groups in total. The highest BCUT2D eigenvalue weighted by atomic mass is 16.6. The summed E-state index contributed by atoms with van der Waals surface area (Å²) in [4.78, 5) is 0. The average Bonchev–Trinajstić information content (AvgIpc) is 2.75. The smallest absolute Gasteiger partial charge is 0.204 e. The van der Waals surface area contributed by atoms with Gasteiger partial charge >= 0.3 is 0 Å². The molecule has 1 aliphatic heterocycles. The third-order valence-corrected chi connectivity index (χ3v) is 3.50. The highest BCUT2D eigenvalue weighted by Gasteiger charge is 2.37. The van der Waals surface area contributed by atoms with Crippen molar-refractivity contribution in [1.82, 2.24) is 0 Å². The van der Waals surface area contributed by atoms with Crippen molar-refractivity contribution in [2.24, 2.45) is 0 Å². The number of ether oxygens (including phenoxy) is 3. The second-order valence-corrected chi connectivity index (χ2v) is 4.63. The van der Waals surface area contributed by atoms with Crippen molar-refractivity contribution in [2.45, 2.75) is 25.0 Å². The zero-order valence-corrected chi connectivity index (χ0v) is 11.9. The van der Waals surface area contributed by atoms with Crippen LogP contribution >= 0.6 is 0 Å². The number of rotatable bonds is 6. The Bertz CT molecular complexity index is 522. The van der Waals surface area contributed by atoms with Crippen LogP contribution in [0.5, 0.6) is 17.2 Å². The summed E-state index contributed by atoms with van der Waals surface area (Å²) in [5.74, 6) is 1.80. The van der Waals surface area contributed by atoms with Gasteiger partial charge in [-0.2, -0.15) is 0 Å². The summed E-state index contributed by atoms with van der Waals surface area (Å²) in [7, 11) is 3.21. The van der Waals surface area contributed by atoms with Gasteiger partial charge in [0.1, 0.15) is 17.2 Å². The van der Waals surface area contributed by atoms with E-state index >= 15 is 0 Å². The minimum atomic E-state index is -0.888. The molecule has 2 rings (SSSR count). The highest BCUT2D eigenvalue weighted by Crippen LogP contribution is 2.49. The molecule has 1 aliphatic rings. The van der Waals surface area contributed by atoms with Gasteiger partial charge in [0.2, 0.25) is 6.29 Å². The molecule has 1 aromatic carbocycles. The molecule has 108 valence electrons. The van der Waals surface area contributed by atoms with E-state index in [1.807, 2.05) is 0 Å². The minimum Gasteiger partial charge on any atom is -0.496 e. The lowest BCUT2D eigenvalue weighted by Gasteiger charge is -2.17. The van der Waals surface area contributed by atoms with Crippen LogP contribution in [0.4, 0.5) is 0 Å². The van der Waals surface area contributed by atoms with Crippen LogP contribution in [0.15, 0.2) is 31.4 Å². The van der Waals surface area contributed by atoms with Gasteiger partial charge < -0.3 is 19.3 Å². The number of aliphatic hydroxyl groups excluding tert-OH is 1. The Morgan fingerprint density at radius 2 is 2.05 bits per heavy atom. The Morgan fingerprint density at radius 1 is 1.30 bits per heavy atom. The van der Waals surface area contributed by atoms with Gasteiger partial charge in [-0.15, -0.1) is 13.2 Å². The molecule has 0 fully saturated rings. The van der Waals surface area contributed by atoms with E-state index in [1.54, 1.807) is 32.4 Å². The monoisotopic (exact) mass is 276 g/mol. The largest absolute Gasteiger partial charge is 0.496 e. The van der Waals surface area contributed by atoms with Crippen LogP contribution in [0, 0.1) is 0 Å². The molecular weight excluding hydrogens is 256 g/mol. The summed E-state index contributed by atoms with van der Waals surface area (Å²) in [5.41, 5.74) is 1.79. The van der Waals surface area contributed by atoms with Crippen LogP contribution in [0.25, 0.3) is 0 Å². The second kappa shape index (κ2) is 6.01. The molecule has 0 amide bonds. The molecule has 0 spiro atoms. The standard InChI is InChI=1S/C16H20O4/c1-5-7-10-12(18-3)9-13-14(15(10)19-4)11(8-6-2)16(17)20-13/h5-6,9,11,16-17H,1-2,7-8H2,3-4H3. The lowest BCUT2D eigenvalue weighted by atomic mass is 9.92. The molecule has 4 nitrogen and oxygen atoms in total. The van der Waals surface area contributed by atoms with Crippen molar-refractivity contribution >= 4 is 0 Å². The number of fused-ring (bicyclic) bond motifs is 1. The van der Waals surface area contributed by atoms with Gasteiger partial charge in [0.25, 0.3) is 0 Å². The lowest BCUT2D eigenvalue weighted by Crippen LogP contribution is -2.17. The number of benzene rings is 1. The summed E-state index contributed by atoms with van der Waals surface area (Å²) < 4.78 is 16.5. The van der Waals surface area contributed by atoms with Crippen molar-refractivity contribution in [3.8, 4) is 17.2 Å². The van der Waals surface area contributed by atoms with Gasteiger partial charge in [-0.25, -0.2) is 0 Å². The predicted molar refractivity (Wildman–Crippen MR) is 77.6 cm³/mol. The average molecular weight is 276 g/mol. The van der Waals surface area contributed by atoms with Crippen LogP contribution in [0.3, 0.4) is 0 Å². The van der Waals surface area contributed by atoms with E-state index in [2.05, 4.69) is 13.2 Å². The zero-order valence-electron chi connectivity index (χ0n) is 11.9. The number of methoxy groups -OCH3 is 2. The Kier molecular flexibility index (Phi) is 4.35. The Morgan fingerprint density at radius 3 is 2.60 bits per heavy atom. The topological polar surface area (TPSA) is 47.9 Å². The van der Waals surface area contributed by atoms with Gasteiger partial charge in [-0.05, 0) is 12.8 Å². The Hall–Kier alpha value is -1.94. The lowest BCUT2D eigenvalue weighted by molar-refractivity contribution is -0.0176. The molecule has 0 aliphatic carbocycles. The molecule has 2 atom stereocenters. The van der Waals surface area contributed by atoms with Crippen LogP contribution < -0.4 is 14.2 Å². The molecule has 1 aromatic rings. The summed E-state index contributed by atoms with van der Waals surface area (Å²) in [6.07, 6.45) is 3.91. The number of hydrogen-bond donors (Lipinski definition) is 1. The Labute approximate surface area is 119 Å². The van der Waals surface area contributed by atoms with E-state index in [0.717, 1.165) is 11.1 Å². The van der Waals surface area contributed by atoms with Gasteiger partial charge in [-0.1, -0.05) is 12.2 Å². The van der Waals surface area contributed by atoms with Crippen molar-refractivity contribution < 1.29 is 19.3 Å². The SMILES string of the molecule is C=CCc1c(OC)cc2c(c1OC)C(CC=C)C(O)O2. The Balaban J connectivity index is 2.63. The molecule has 0 bridgehead atoms. The molecule has 1 heterocycles. The maximum absolute atomic E-state index is 10.1. The third kappa shape index (κ3) is 2.27. The number of hydrogen-bond acceptors (Lipinski definition) is 4. The van der Waals surface area contributed by atoms with Crippen LogP contribution in [-0.2, 0) is 6.42 Å². The minimum absolute atomic E-state index is 0.174. The summed E-state index contributed by atoms with van der Waals surface area (Å²) in [6, 6.07) is 1.79. The number of allylic oxidation sites excluding steroid dienone is 2. The van der Waals surface area contributed by atoms with Crippen molar-refractivity contribution in [1.29, 1.82) is 0 Å². The maximum atomic E-state index is 10.1. The van der Waals surface area contributed by atoms with Crippen molar-refractivity contribution in [2.75, 3.05) is 14.2 Å². The van der Waals surface area contributed by atoms with E-state index in [4.69, 9.17) is 14.2 Å². The van der Waals surface area contributed by atoms with Gasteiger partial charge in [0.15, 0.2) is 0 Å². The normalized spacial score (nSPS) is 19.9. The fourth-order valence-electron chi connectivity index (χ4n) is 2.64. The fourth-order valence-corrected chi connectivity index (χ4v) is 2.64. The molecule has 0 saturated carbocycles. The van der Waals surface area contributed by atoms with Crippen LogP contribution in [0.1, 0.15) is 23.5 Å². The van der Waals surface area contributed by atoms with Crippen LogP contribution in [-0.4, -0.2) is 25.6 Å². The first-order valence-electron chi connectivity index (χ1n) is 6.52. The summed E-state index contributed by atoms with van der Waals surface area (Å²) >= 11 is 0. The zero-order chi connectivity index (χ0) is 14.7. The first kappa shape index (κ1) is 14.5. The predicted octanol–water partition coefficient (Wildman–Crippen LogP) is 2.80. The van der Waals surface area contributed by atoms with Gasteiger partial charge in [0.05, 0.1) is 20.1 Å². The number of aliphatic hydroxyl groups is 1. The third-order valence-electron chi connectivity index (χ3n) is 3.50. The molecule has 0 radical (unpaired) electrons. The first-order valence-corrected chi connectivity index (χ1v) is 6.52. The summed E-state index contributed by atoms with van der Waals surface area (Å²) in [6.45, 7) is 7.49. The van der Waals surface area contributed by atoms with Crippen molar-refractivity contribution in [3.05, 3.63) is 42.5 Å². The van der Waals surface area contributed by atoms with E-state index in [-0.39, 0.29) is 5.92 Å². The first-order chi connectivity index (χ1) is 9.67. The van der Waals surface area contributed by atoms with E-state index in [1.165, 1.54) is 0 Å². The molecular formula is C16H20O4. The fraction of sp³-hybridized carbons (Fsp3) is 0.375. The molecule has 0 saturated heterocycles. The summed E-state index contributed by atoms with van der Waals surface area (Å²) in [5, 5.41) is 10.1. The molecule has 2 unspecified atom stereocenters. The van der Waals surface area contributed by atoms with E-state index in [0.29, 0.717) is 30.1 Å². The molecule has 4 heteroatoms. The quantitative estimate of drug-likeness (QED) is 0.812. The second-order valence-electron chi connectivity index (χ2n) is 4.63. The molecule has 20 heavy (non-hydrogen) atoms. The molecule has 0 aromatic heterocycles. The van der Waals surface area contributed by atoms with Gasteiger partial charge in [0, 0.05) is 17.2 Å². The highest BCUT2D eigenvalue weighted by molar-refractivity contribution is 5.61. The van der Waals surface area contributed by atoms with Crippen molar-refractivity contribution in [3.63, 3.8) is 0 Å². The van der Waals surface area contributed by atoms with E-state index < -0.39 is 6.29 Å². The van der Waals surface area contributed by atoms with Gasteiger partial charge in [-0.3, -0.25) is 0 Å². The maximum Gasteiger partial charge on any atom is 0.204 e.